The van der Waals surface area contributed by atoms with Crippen LogP contribution in [0.15, 0.2) is 18.2 Å². The highest BCUT2D eigenvalue weighted by Crippen LogP contribution is 2.26. The van der Waals surface area contributed by atoms with Crippen molar-refractivity contribution in [2.24, 2.45) is 5.92 Å². The highest BCUT2D eigenvalue weighted by atomic mass is 19.1. The van der Waals surface area contributed by atoms with Gasteiger partial charge in [0.2, 0.25) is 5.91 Å². The van der Waals surface area contributed by atoms with Crippen molar-refractivity contribution in [1.82, 2.24) is 0 Å². The van der Waals surface area contributed by atoms with Gasteiger partial charge < -0.3 is 10.1 Å². The standard InChI is InChI=1S/C12H12FNO3/c1-2-17-12(16)9-6-7-5-8(13)3-4-10(7)14-11(9)15/h3-5,9H,2,6H2,1H3,(H,14,15). The van der Waals surface area contributed by atoms with Gasteiger partial charge in [0, 0.05) is 5.69 Å². The number of amides is 1. The number of nitrogens with one attached hydrogen (secondary N) is 1. The number of halogens is 1. The number of esters is 1. The number of ether oxygens (including phenoxy) is 1. The Hall–Kier alpha value is -1.91. The first-order valence-electron chi connectivity index (χ1n) is 5.37. The maximum atomic E-state index is 13.0. The SMILES string of the molecule is CCOC(=O)C1Cc2cc(F)ccc2NC1=O. The maximum Gasteiger partial charge on any atom is 0.318 e. The van der Waals surface area contributed by atoms with Gasteiger partial charge in [0.05, 0.1) is 6.61 Å². The molecule has 0 saturated heterocycles. The third-order valence-electron chi connectivity index (χ3n) is 2.64. The molecule has 0 saturated carbocycles. The summed E-state index contributed by atoms with van der Waals surface area (Å²) in [6.07, 6.45) is 0.178. The van der Waals surface area contributed by atoms with Crippen LogP contribution < -0.4 is 5.32 Å². The lowest BCUT2D eigenvalue weighted by atomic mass is 9.93. The summed E-state index contributed by atoms with van der Waals surface area (Å²) >= 11 is 0. The van der Waals surface area contributed by atoms with Gasteiger partial charge in [-0.05, 0) is 37.1 Å². The molecular weight excluding hydrogens is 225 g/mol. The van der Waals surface area contributed by atoms with Gasteiger partial charge >= 0.3 is 5.97 Å². The number of anilines is 1. The van der Waals surface area contributed by atoms with Crippen LogP contribution in [0, 0.1) is 11.7 Å². The highest BCUT2D eigenvalue weighted by molar-refractivity contribution is 6.07. The molecular formula is C12H12FNO3. The molecule has 0 bridgehead atoms. The number of rotatable bonds is 2. The van der Waals surface area contributed by atoms with E-state index in [1.807, 2.05) is 0 Å². The van der Waals surface area contributed by atoms with Crippen molar-refractivity contribution in [3.05, 3.63) is 29.6 Å². The maximum absolute atomic E-state index is 13.0. The Labute approximate surface area is 97.8 Å². The van der Waals surface area contributed by atoms with E-state index < -0.39 is 17.8 Å². The van der Waals surface area contributed by atoms with E-state index in [0.29, 0.717) is 11.3 Å². The molecule has 1 atom stereocenters. The number of carbonyl (C=O) groups excluding carboxylic acids is 2. The largest absolute Gasteiger partial charge is 0.465 e. The molecule has 0 radical (unpaired) electrons. The Kier molecular flexibility index (Phi) is 3.08. The van der Waals surface area contributed by atoms with E-state index in [1.165, 1.54) is 18.2 Å². The molecule has 4 nitrogen and oxygen atoms in total. The molecule has 0 spiro atoms. The quantitative estimate of drug-likeness (QED) is 0.626. The summed E-state index contributed by atoms with van der Waals surface area (Å²) < 4.78 is 17.8. The molecule has 1 heterocycles. The molecule has 0 fully saturated rings. The first kappa shape index (κ1) is 11.6. The molecule has 17 heavy (non-hydrogen) atoms. The van der Waals surface area contributed by atoms with Crippen LogP contribution in [-0.4, -0.2) is 18.5 Å². The van der Waals surface area contributed by atoms with Crippen molar-refractivity contribution in [3.63, 3.8) is 0 Å². The summed E-state index contributed by atoms with van der Waals surface area (Å²) in [5, 5.41) is 2.57. The minimum absolute atomic E-state index is 0.178. The van der Waals surface area contributed by atoms with E-state index >= 15 is 0 Å². The van der Waals surface area contributed by atoms with Gasteiger partial charge in [-0.1, -0.05) is 0 Å². The van der Waals surface area contributed by atoms with Crippen LogP contribution in [0.2, 0.25) is 0 Å². The van der Waals surface area contributed by atoms with Gasteiger partial charge in [0.15, 0.2) is 0 Å². The van der Waals surface area contributed by atoms with Crippen molar-refractivity contribution in [3.8, 4) is 0 Å². The molecule has 90 valence electrons. The Morgan fingerprint density at radius 3 is 3.06 bits per heavy atom. The van der Waals surface area contributed by atoms with Crippen LogP contribution in [0.3, 0.4) is 0 Å². The first-order chi connectivity index (χ1) is 8.11. The molecule has 5 heteroatoms. The Bertz CT molecular complexity index is 473. The predicted octanol–water partition coefficient (Wildman–Crippen LogP) is 1.50. The molecule has 1 aromatic rings. The fourth-order valence-corrected chi connectivity index (χ4v) is 1.82. The van der Waals surface area contributed by atoms with E-state index in [-0.39, 0.29) is 18.8 Å². The average molecular weight is 237 g/mol. The van der Waals surface area contributed by atoms with Crippen molar-refractivity contribution >= 4 is 17.6 Å². The van der Waals surface area contributed by atoms with Gasteiger partial charge in [0.25, 0.3) is 0 Å². The van der Waals surface area contributed by atoms with E-state index in [1.54, 1.807) is 6.92 Å². The lowest BCUT2D eigenvalue weighted by Crippen LogP contribution is -2.36. The lowest BCUT2D eigenvalue weighted by molar-refractivity contribution is -0.151. The van der Waals surface area contributed by atoms with E-state index in [9.17, 15) is 14.0 Å². The zero-order valence-corrected chi connectivity index (χ0v) is 9.33. The Morgan fingerprint density at radius 1 is 1.59 bits per heavy atom. The summed E-state index contributed by atoms with van der Waals surface area (Å²) in [6.45, 7) is 1.89. The second-order valence-corrected chi connectivity index (χ2v) is 3.80. The topological polar surface area (TPSA) is 55.4 Å². The van der Waals surface area contributed by atoms with Crippen LogP contribution in [-0.2, 0) is 20.7 Å². The summed E-state index contributed by atoms with van der Waals surface area (Å²) in [6, 6.07) is 4.08. The van der Waals surface area contributed by atoms with Gasteiger partial charge in [-0.15, -0.1) is 0 Å². The average Bonchev–Trinajstić information content (AvgIpc) is 2.29. The normalized spacial score (nSPS) is 18.2. The molecule has 1 amide bonds. The summed E-state index contributed by atoms with van der Waals surface area (Å²) in [5.74, 6) is -2.24. The fourth-order valence-electron chi connectivity index (χ4n) is 1.82. The molecule has 0 aromatic heterocycles. The molecule has 0 aliphatic carbocycles. The third kappa shape index (κ3) is 2.27. The predicted molar refractivity (Wildman–Crippen MR) is 58.9 cm³/mol. The molecule has 2 rings (SSSR count). The van der Waals surface area contributed by atoms with Gasteiger partial charge in [0.1, 0.15) is 11.7 Å². The smallest absolute Gasteiger partial charge is 0.318 e. The van der Waals surface area contributed by atoms with Crippen molar-refractivity contribution < 1.29 is 18.7 Å². The number of benzene rings is 1. The van der Waals surface area contributed by atoms with Gasteiger partial charge in [-0.3, -0.25) is 9.59 Å². The van der Waals surface area contributed by atoms with Crippen molar-refractivity contribution in [2.45, 2.75) is 13.3 Å². The molecule has 1 N–H and O–H groups in total. The van der Waals surface area contributed by atoms with Crippen LogP contribution >= 0.6 is 0 Å². The van der Waals surface area contributed by atoms with Crippen molar-refractivity contribution in [1.29, 1.82) is 0 Å². The third-order valence-corrected chi connectivity index (χ3v) is 2.64. The Morgan fingerprint density at radius 2 is 2.35 bits per heavy atom. The Balaban J connectivity index is 2.25. The summed E-state index contributed by atoms with van der Waals surface area (Å²) in [5.41, 5.74) is 1.17. The minimum atomic E-state index is -0.885. The first-order valence-corrected chi connectivity index (χ1v) is 5.37. The van der Waals surface area contributed by atoms with E-state index in [0.717, 1.165) is 0 Å². The van der Waals surface area contributed by atoms with Gasteiger partial charge in [-0.2, -0.15) is 0 Å². The summed E-state index contributed by atoms with van der Waals surface area (Å²) in [7, 11) is 0. The van der Waals surface area contributed by atoms with E-state index in [4.69, 9.17) is 4.74 Å². The van der Waals surface area contributed by atoms with Crippen molar-refractivity contribution in [2.75, 3.05) is 11.9 Å². The number of hydrogen-bond donors (Lipinski definition) is 1. The second kappa shape index (κ2) is 4.53. The number of carbonyl (C=O) groups is 2. The zero-order valence-electron chi connectivity index (χ0n) is 9.33. The molecule has 1 aliphatic heterocycles. The minimum Gasteiger partial charge on any atom is -0.465 e. The zero-order chi connectivity index (χ0) is 12.4. The number of hydrogen-bond acceptors (Lipinski definition) is 3. The molecule has 1 aliphatic rings. The van der Waals surface area contributed by atoms with Crippen LogP contribution in [0.25, 0.3) is 0 Å². The van der Waals surface area contributed by atoms with Crippen LogP contribution in [0.1, 0.15) is 12.5 Å². The number of fused-ring (bicyclic) bond motifs is 1. The van der Waals surface area contributed by atoms with Crippen LogP contribution in [0.5, 0.6) is 0 Å². The second-order valence-electron chi connectivity index (χ2n) is 3.80. The summed E-state index contributed by atoms with van der Waals surface area (Å²) in [4.78, 5) is 23.2. The van der Waals surface area contributed by atoms with Crippen LogP contribution in [0.4, 0.5) is 10.1 Å². The lowest BCUT2D eigenvalue weighted by Gasteiger charge is -2.23. The fraction of sp³-hybridized carbons (Fsp3) is 0.333. The monoisotopic (exact) mass is 237 g/mol. The highest BCUT2D eigenvalue weighted by Gasteiger charge is 2.33. The molecule has 1 unspecified atom stereocenters. The van der Waals surface area contributed by atoms with E-state index in [2.05, 4.69) is 5.32 Å². The molecule has 1 aromatic carbocycles. The van der Waals surface area contributed by atoms with Gasteiger partial charge in [-0.25, -0.2) is 4.39 Å².